The number of hydrogen-bond donors (Lipinski definition) is 1. The number of hydrogen-bond acceptors (Lipinski definition) is 5. The average Bonchev–Trinajstić information content (AvgIpc) is 3.13. The van der Waals surface area contributed by atoms with Crippen LogP contribution in [-0.2, 0) is 27.8 Å². The number of rotatable bonds is 7. The maximum atomic E-state index is 13.1. The lowest BCUT2D eigenvalue weighted by molar-refractivity contribution is -0.117. The van der Waals surface area contributed by atoms with Crippen LogP contribution in [0.2, 0.25) is 0 Å². The summed E-state index contributed by atoms with van der Waals surface area (Å²) in [7, 11) is -3.71. The molecule has 2 heterocycles. The van der Waals surface area contributed by atoms with Gasteiger partial charge < -0.3 is 9.73 Å². The Hall–Kier alpha value is -2.91. The van der Waals surface area contributed by atoms with Gasteiger partial charge in [0.05, 0.1) is 10.4 Å². The molecule has 1 saturated heterocycles. The smallest absolute Gasteiger partial charge is 0.408 e. The van der Waals surface area contributed by atoms with Gasteiger partial charge in [0, 0.05) is 37.8 Å². The minimum Gasteiger partial charge on any atom is -0.408 e. The van der Waals surface area contributed by atoms with Gasteiger partial charge in [-0.1, -0.05) is 19.1 Å². The number of piperidine rings is 1. The zero-order valence-corrected chi connectivity index (χ0v) is 19.7. The highest BCUT2D eigenvalue weighted by atomic mass is 32.2. The Morgan fingerprint density at radius 3 is 2.58 bits per heavy atom. The molecule has 8 nitrogen and oxygen atoms in total. The van der Waals surface area contributed by atoms with Crippen molar-refractivity contribution in [2.45, 2.75) is 51.0 Å². The quantitative estimate of drug-likeness (QED) is 0.567. The number of oxazole rings is 1. The molecule has 0 bridgehead atoms. The van der Waals surface area contributed by atoms with E-state index in [2.05, 4.69) is 12.2 Å². The molecule has 0 saturated carbocycles. The Morgan fingerprint density at radius 2 is 1.88 bits per heavy atom. The minimum atomic E-state index is -3.71. The molecule has 1 N–H and O–H groups in total. The number of nitrogens with zero attached hydrogens (tertiary/aromatic N) is 2. The molecule has 1 aliphatic heterocycles. The number of sulfonamides is 1. The second kappa shape index (κ2) is 9.52. The summed E-state index contributed by atoms with van der Waals surface area (Å²) in [6.45, 7) is 5.04. The summed E-state index contributed by atoms with van der Waals surface area (Å²) in [6, 6.07) is 12.3. The standard InChI is InChI=1S/C24H29N3O5S/c1-3-17-6-5-7-19(14-17)25-23(28)15-18-10-12-26(13-11-18)33(30,31)20-8-9-21-22(16-20)32-24(29)27(21)4-2/h5-9,14,16,18H,3-4,10-13,15H2,1-2H3,(H,25,28). The molecule has 1 aromatic heterocycles. The van der Waals surface area contributed by atoms with E-state index in [-0.39, 0.29) is 22.3 Å². The summed E-state index contributed by atoms with van der Waals surface area (Å²) in [5.41, 5.74) is 2.80. The largest absolute Gasteiger partial charge is 0.419 e. The van der Waals surface area contributed by atoms with E-state index < -0.39 is 15.8 Å². The number of benzene rings is 2. The van der Waals surface area contributed by atoms with Gasteiger partial charge in [-0.25, -0.2) is 13.2 Å². The van der Waals surface area contributed by atoms with Gasteiger partial charge in [0.15, 0.2) is 5.58 Å². The third-order valence-corrected chi connectivity index (χ3v) is 8.15. The lowest BCUT2D eigenvalue weighted by Gasteiger charge is -2.31. The zero-order chi connectivity index (χ0) is 23.6. The van der Waals surface area contributed by atoms with Crippen molar-refractivity contribution in [1.29, 1.82) is 0 Å². The van der Waals surface area contributed by atoms with Crippen molar-refractivity contribution in [3.63, 3.8) is 0 Å². The predicted octanol–water partition coefficient (Wildman–Crippen LogP) is 3.61. The number of amides is 1. The molecule has 0 aliphatic carbocycles. The Balaban J connectivity index is 1.38. The van der Waals surface area contributed by atoms with Crippen LogP contribution >= 0.6 is 0 Å². The van der Waals surface area contributed by atoms with Crippen LogP contribution in [-0.4, -0.2) is 36.3 Å². The van der Waals surface area contributed by atoms with Crippen LogP contribution < -0.4 is 11.1 Å². The predicted molar refractivity (Wildman–Crippen MR) is 127 cm³/mol. The maximum Gasteiger partial charge on any atom is 0.419 e. The maximum absolute atomic E-state index is 13.1. The Labute approximate surface area is 193 Å². The van der Waals surface area contributed by atoms with E-state index in [1.165, 1.54) is 21.0 Å². The van der Waals surface area contributed by atoms with Crippen molar-refractivity contribution in [1.82, 2.24) is 8.87 Å². The SMILES string of the molecule is CCc1cccc(NC(=O)CC2CCN(S(=O)(=O)c3ccc4c(c3)oc(=O)n4CC)CC2)c1. The first-order valence-electron chi connectivity index (χ1n) is 11.3. The molecule has 4 rings (SSSR count). The monoisotopic (exact) mass is 471 g/mol. The van der Waals surface area contributed by atoms with E-state index in [9.17, 15) is 18.0 Å². The van der Waals surface area contributed by atoms with Crippen molar-refractivity contribution in [3.8, 4) is 0 Å². The van der Waals surface area contributed by atoms with E-state index in [0.29, 0.717) is 44.4 Å². The summed E-state index contributed by atoms with van der Waals surface area (Å²) in [5, 5.41) is 2.95. The molecule has 1 fully saturated rings. The van der Waals surface area contributed by atoms with Crippen molar-refractivity contribution in [3.05, 3.63) is 58.6 Å². The van der Waals surface area contributed by atoms with Crippen molar-refractivity contribution in [2.24, 2.45) is 5.92 Å². The molecule has 0 radical (unpaired) electrons. The van der Waals surface area contributed by atoms with Gasteiger partial charge in [-0.3, -0.25) is 9.36 Å². The van der Waals surface area contributed by atoms with E-state index in [0.717, 1.165) is 17.7 Å². The minimum absolute atomic E-state index is 0.0505. The highest BCUT2D eigenvalue weighted by Gasteiger charge is 2.30. The summed E-state index contributed by atoms with van der Waals surface area (Å²) in [5.74, 6) is -0.419. The average molecular weight is 472 g/mol. The van der Waals surface area contributed by atoms with Gasteiger partial charge in [0.1, 0.15) is 0 Å². The molecular weight excluding hydrogens is 442 g/mol. The fourth-order valence-electron chi connectivity index (χ4n) is 4.35. The summed E-state index contributed by atoms with van der Waals surface area (Å²) in [6.07, 6.45) is 2.50. The van der Waals surface area contributed by atoms with Crippen LogP contribution in [0, 0.1) is 5.92 Å². The first kappa shape index (κ1) is 23.3. The van der Waals surface area contributed by atoms with E-state index >= 15 is 0 Å². The molecule has 0 atom stereocenters. The van der Waals surface area contributed by atoms with Gasteiger partial charge in [-0.15, -0.1) is 0 Å². The van der Waals surface area contributed by atoms with Crippen LogP contribution in [0.4, 0.5) is 5.69 Å². The van der Waals surface area contributed by atoms with Gasteiger partial charge in [-0.05, 0) is 61.9 Å². The number of anilines is 1. The van der Waals surface area contributed by atoms with Crippen LogP contribution in [0.1, 0.15) is 38.7 Å². The third-order valence-electron chi connectivity index (χ3n) is 6.26. The lowest BCUT2D eigenvalue weighted by atomic mass is 9.94. The van der Waals surface area contributed by atoms with Crippen LogP contribution in [0.15, 0.2) is 56.6 Å². The molecule has 33 heavy (non-hydrogen) atoms. The number of fused-ring (bicyclic) bond motifs is 1. The van der Waals surface area contributed by atoms with Gasteiger partial charge in [0.25, 0.3) is 0 Å². The topological polar surface area (TPSA) is 102 Å². The van der Waals surface area contributed by atoms with Gasteiger partial charge in [-0.2, -0.15) is 4.31 Å². The van der Waals surface area contributed by atoms with Gasteiger partial charge >= 0.3 is 5.76 Å². The second-order valence-corrected chi connectivity index (χ2v) is 10.3. The highest BCUT2D eigenvalue weighted by molar-refractivity contribution is 7.89. The zero-order valence-electron chi connectivity index (χ0n) is 18.9. The highest BCUT2D eigenvalue weighted by Crippen LogP contribution is 2.27. The normalized spacial score (nSPS) is 15.7. The second-order valence-electron chi connectivity index (χ2n) is 8.40. The molecule has 2 aromatic carbocycles. The Kier molecular flexibility index (Phi) is 6.71. The number of aryl methyl sites for hydroxylation is 2. The molecule has 9 heteroatoms. The molecule has 0 spiro atoms. The number of nitrogens with one attached hydrogen (secondary N) is 1. The molecule has 3 aromatic rings. The Bertz CT molecular complexity index is 1320. The number of aromatic nitrogens is 1. The fraction of sp³-hybridized carbons (Fsp3) is 0.417. The van der Waals surface area contributed by atoms with Crippen LogP contribution in [0.3, 0.4) is 0 Å². The van der Waals surface area contributed by atoms with Crippen LogP contribution in [0.25, 0.3) is 11.1 Å². The van der Waals surface area contributed by atoms with Crippen molar-refractivity contribution >= 4 is 32.7 Å². The first-order chi connectivity index (χ1) is 15.8. The first-order valence-corrected chi connectivity index (χ1v) is 12.8. The number of carbonyl (C=O) groups is 1. The van der Waals surface area contributed by atoms with E-state index in [1.807, 2.05) is 31.2 Å². The summed E-state index contributed by atoms with van der Waals surface area (Å²) in [4.78, 5) is 24.5. The van der Waals surface area contributed by atoms with Crippen molar-refractivity contribution < 1.29 is 17.6 Å². The molecule has 0 unspecified atom stereocenters. The summed E-state index contributed by atoms with van der Waals surface area (Å²) < 4.78 is 34.4. The Morgan fingerprint density at radius 1 is 1.12 bits per heavy atom. The molecular formula is C24H29N3O5S. The molecule has 1 amide bonds. The summed E-state index contributed by atoms with van der Waals surface area (Å²) >= 11 is 0. The van der Waals surface area contributed by atoms with Gasteiger partial charge in [0.2, 0.25) is 15.9 Å². The van der Waals surface area contributed by atoms with Crippen molar-refractivity contribution in [2.75, 3.05) is 18.4 Å². The fourth-order valence-corrected chi connectivity index (χ4v) is 5.84. The van der Waals surface area contributed by atoms with E-state index in [1.54, 1.807) is 6.07 Å². The molecule has 1 aliphatic rings. The van der Waals surface area contributed by atoms with Crippen LogP contribution in [0.5, 0.6) is 0 Å². The third kappa shape index (κ3) is 4.89. The molecule has 176 valence electrons. The van der Waals surface area contributed by atoms with E-state index in [4.69, 9.17) is 4.42 Å². The number of carbonyl (C=O) groups excluding carboxylic acids is 1. The lowest BCUT2D eigenvalue weighted by Crippen LogP contribution is -2.39.